The van der Waals surface area contributed by atoms with E-state index in [1.54, 1.807) is 12.2 Å². The van der Waals surface area contributed by atoms with Crippen molar-refractivity contribution in [2.24, 2.45) is 0 Å². The zero-order chi connectivity index (χ0) is 19.0. The average Bonchev–Trinajstić information content (AvgIpc) is 2.54. The van der Waals surface area contributed by atoms with Crippen LogP contribution < -0.4 is 0 Å². The summed E-state index contributed by atoms with van der Waals surface area (Å²) in [5.41, 5.74) is 0. The maximum Gasteiger partial charge on any atom is 0.281 e. The maximum atomic E-state index is 11.4. The number of hydrogen-bond acceptors (Lipinski definition) is 3. The molecule has 0 aliphatic rings. The quantitative estimate of drug-likeness (QED) is 0.386. The van der Waals surface area contributed by atoms with E-state index in [0.29, 0.717) is 13.1 Å². The van der Waals surface area contributed by atoms with Gasteiger partial charge in [-0.25, -0.2) is 0 Å². The topological polar surface area (TPSA) is 40.6 Å². The largest absolute Gasteiger partial charge is 0.334 e. The highest BCUT2D eigenvalue weighted by Crippen LogP contribution is 2.09. The van der Waals surface area contributed by atoms with Crippen molar-refractivity contribution in [3.05, 3.63) is 25.3 Å². The van der Waals surface area contributed by atoms with Crippen LogP contribution in [0.5, 0.6) is 0 Å². The summed E-state index contributed by atoms with van der Waals surface area (Å²) in [7, 11) is 0. The van der Waals surface area contributed by atoms with Crippen LogP contribution in [0.1, 0.15) is 33.6 Å². The predicted octanol–water partition coefficient (Wildman–Crippen LogP) is 4.97. The van der Waals surface area contributed by atoms with Crippen molar-refractivity contribution in [1.82, 2.24) is 9.80 Å². The number of thioether (sulfide) groups is 1. The molecule has 0 saturated carbocycles. The lowest BCUT2D eigenvalue weighted by molar-refractivity contribution is -0.128. The van der Waals surface area contributed by atoms with Gasteiger partial charge in [-0.1, -0.05) is 67.9 Å². The van der Waals surface area contributed by atoms with E-state index in [1.807, 2.05) is 11.8 Å². The number of amides is 2. The lowest BCUT2D eigenvalue weighted by Gasteiger charge is -2.20. The van der Waals surface area contributed by atoms with E-state index >= 15 is 0 Å². The van der Waals surface area contributed by atoms with Crippen molar-refractivity contribution in [3.63, 3.8) is 0 Å². The molecule has 0 aliphatic heterocycles. The van der Waals surface area contributed by atoms with Crippen molar-refractivity contribution in [2.45, 2.75) is 38.4 Å². The van der Waals surface area contributed by atoms with Crippen LogP contribution in [0.2, 0.25) is 0 Å². The van der Waals surface area contributed by atoms with Crippen molar-refractivity contribution in [3.8, 4) is 0 Å². The molecular weight excluding hydrogens is 367 g/mol. The number of alkyl halides is 2. The van der Waals surface area contributed by atoms with Crippen molar-refractivity contribution in [2.75, 3.05) is 31.9 Å². The minimum absolute atomic E-state index is 0.237. The molecule has 0 fully saturated rings. The molecule has 7 heteroatoms. The van der Waals surface area contributed by atoms with E-state index in [0.717, 1.165) is 31.7 Å². The van der Waals surface area contributed by atoms with Crippen LogP contribution in [0, 0.1) is 0 Å². The Balaban J connectivity index is 0. The third-order valence-electron chi connectivity index (χ3n) is 2.71. The number of carbonyl (C=O) groups excluding carboxylic acids is 2. The first kappa shape index (κ1) is 25.6. The van der Waals surface area contributed by atoms with Crippen molar-refractivity contribution >= 4 is 46.1 Å². The van der Waals surface area contributed by atoms with E-state index < -0.39 is 4.84 Å². The molecule has 4 nitrogen and oxygen atoms in total. The first-order chi connectivity index (χ1) is 11.4. The monoisotopic (exact) mass is 396 g/mol. The van der Waals surface area contributed by atoms with E-state index in [9.17, 15) is 9.59 Å². The molecule has 0 spiro atoms. The second-order valence-corrected chi connectivity index (χ2v) is 7.12. The molecule has 0 aromatic carbocycles. The molecule has 0 unspecified atom stereocenters. The summed E-state index contributed by atoms with van der Waals surface area (Å²) in [6.07, 6.45) is 5.32. The summed E-state index contributed by atoms with van der Waals surface area (Å²) in [6.45, 7) is 15.9. The molecule has 0 heterocycles. The Morgan fingerprint density at radius 1 is 1.00 bits per heavy atom. The van der Waals surface area contributed by atoms with Gasteiger partial charge in [-0.3, -0.25) is 9.59 Å². The lowest BCUT2D eigenvalue weighted by Crippen LogP contribution is -2.35. The molecule has 0 rings (SSSR count). The van der Waals surface area contributed by atoms with E-state index in [4.69, 9.17) is 23.2 Å². The molecule has 0 bridgehead atoms. The summed E-state index contributed by atoms with van der Waals surface area (Å²) in [6, 6.07) is 0. The normalized spacial score (nSPS) is 9.75. The fourth-order valence-corrected chi connectivity index (χ4v) is 2.64. The third kappa shape index (κ3) is 12.7. The number of nitrogens with zero attached hydrogens (tertiary/aromatic N) is 2. The molecule has 0 atom stereocenters. The van der Waals surface area contributed by atoms with Crippen molar-refractivity contribution in [1.29, 1.82) is 0 Å². The van der Waals surface area contributed by atoms with Gasteiger partial charge in [0, 0.05) is 26.2 Å². The summed E-state index contributed by atoms with van der Waals surface area (Å²) in [4.78, 5) is 25.0. The van der Waals surface area contributed by atoms with Crippen LogP contribution in [-0.2, 0) is 4.79 Å². The Kier molecular flexibility index (Phi) is 18.3. The zero-order valence-electron chi connectivity index (χ0n) is 15.0. The minimum Gasteiger partial charge on any atom is -0.334 e. The lowest BCUT2D eigenvalue weighted by atomic mass is 10.4. The van der Waals surface area contributed by atoms with Gasteiger partial charge in [-0.15, -0.1) is 13.2 Å². The summed E-state index contributed by atoms with van der Waals surface area (Å²) >= 11 is 12.2. The van der Waals surface area contributed by atoms with Crippen LogP contribution in [-0.4, -0.2) is 57.7 Å². The Bertz CT molecular complexity index is 364. The molecule has 0 radical (unpaired) electrons. The van der Waals surface area contributed by atoms with Crippen molar-refractivity contribution < 1.29 is 9.59 Å². The van der Waals surface area contributed by atoms with E-state index in [1.165, 1.54) is 16.7 Å². The number of rotatable bonds is 10. The molecule has 24 heavy (non-hydrogen) atoms. The van der Waals surface area contributed by atoms with Gasteiger partial charge < -0.3 is 9.80 Å². The van der Waals surface area contributed by atoms with Crippen LogP contribution in [0.25, 0.3) is 0 Å². The molecule has 0 aromatic heterocycles. The van der Waals surface area contributed by atoms with Gasteiger partial charge in [0.15, 0.2) is 4.84 Å². The molecule has 0 aliphatic carbocycles. The molecule has 0 aromatic rings. The SMILES string of the molecule is C=CCN(CC=C)C(=O)C(Cl)Cl.CCCN(CCC)C(=O)SCC. The van der Waals surface area contributed by atoms with Gasteiger partial charge in [0.2, 0.25) is 0 Å². The number of carbonyl (C=O) groups is 2. The summed E-state index contributed by atoms with van der Waals surface area (Å²) in [5.74, 6) is 0.557. The smallest absolute Gasteiger partial charge is 0.281 e. The highest BCUT2D eigenvalue weighted by Gasteiger charge is 2.17. The average molecular weight is 397 g/mol. The van der Waals surface area contributed by atoms with Gasteiger partial charge >= 0.3 is 0 Å². The second-order valence-electron chi connectivity index (χ2n) is 4.81. The van der Waals surface area contributed by atoms with Gasteiger partial charge in [0.25, 0.3) is 11.1 Å². The molecule has 0 N–H and O–H groups in total. The standard InChI is InChI=1S/C9H19NOS.C8H11Cl2NO/c1-4-7-10(8-5-2)9(11)12-6-3;1-3-5-11(6-4-2)8(12)7(9)10/h4-8H2,1-3H3;3-4,7H,1-2,5-6H2. The third-order valence-corrected chi connectivity index (χ3v) is 3.88. The van der Waals surface area contributed by atoms with Gasteiger partial charge in [-0.05, 0) is 18.6 Å². The minimum atomic E-state index is -1.01. The molecular formula is C17H30Cl2N2O2S. The molecule has 2 amide bonds. The molecule has 140 valence electrons. The highest BCUT2D eigenvalue weighted by atomic mass is 35.5. The zero-order valence-corrected chi connectivity index (χ0v) is 17.3. The first-order valence-corrected chi connectivity index (χ1v) is 9.95. The summed E-state index contributed by atoms with van der Waals surface area (Å²) in [5, 5.41) is 0.237. The van der Waals surface area contributed by atoms with Crippen LogP contribution in [0.4, 0.5) is 4.79 Å². The van der Waals surface area contributed by atoms with Gasteiger partial charge in [-0.2, -0.15) is 0 Å². The second kappa shape index (κ2) is 17.2. The fraction of sp³-hybridized carbons (Fsp3) is 0.647. The van der Waals surface area contributed by atoms with E-state index in [2.05, 4.69) is 27.0 Å². The van der Waals surface area contributed by atoms with Gasteiger partial charge in [0.1, 0.15) is 0 Å². The summed E-state index contributed by atoms with van der Waals surface area (Å²) < 4.78 is 0. The maximum absolute atomic E-state index is 11.4. The van der Waals surface area contributed by atoms with Crippen LogP contribution in [0.3, 0.4) is 0 Å². The highest BCUT2D eigenvalue weighted by molar-refractivity contribution is 8.13. The van der Waals surface area contributed by atoms with Gasteiger partial charge in [0.05, 0.1) is 0 Å². The Labute approximate surface area is 161 Å². The van der Waals surface area contributed by atoms with E-state index in [-0.39, 0.29) is 11.1 Å². The van der Waals surface area contributed by atoms with Crippen LogP contribution >= 0.6 is 35.0 Å². The fourth-order valence-electron chi connectivity index (χ4n) is 1.75. The Hall–Kier alpha value is -0.650. The predicted molar refractivity (Wildman–Crippen MR) is 108 cm³/mol. The Morgan fingerprint density at radius 3 is 1.75 bits per heavy atom. The van der Waals surface area contributed by atoms with Crippen LogP contribution in [0.15, 0.2) is 25.3 Å². The first-order valence-electron chi connectivity index (χ1n) is 8.09. The number of halogens is 2. The Morgan fingerprint density at radius 2 is 1.46 bits per heavy atom. The number of hydrogen-bond donors (Lipinski definition) is 0. The molecule has 0 saturated heterocycles.